The Kier molecular flexibility index (Phi) is 13.1. The van der Waals surface area contributed by atoms with Crippen LogP contribution in [-0.4, -0.2) is 19.5 Å². The molecule has 0 atom stereocenters. The normalized spacial score (nSPS) is 10.4. The van der Waals surface area contributed by atoms with E-state index >= 15 is 0 Å². The second-order valence-corrected chi connectivity index (χ2v) is 14.5. The van der Waals surface area contributed by atoms with E-state index < -0.39 is 20.8 Å². The molecular formula is C32H34Cl2N2O2SiZr. The SMILES string of the molecule is CC(C)c1cc2c(-c3ncco3)cccc2[cH-]1.CC(C)c1cc2c(-c3ncco3)cccc2[cH-]1.C[Si]C.[Cl][Zr+2][Cl]. The van der Waals surface area contributed by atoms with Crippen LogP contribution in [0.15, 0.2) is 94.4 Å². The fourth-order valence-corrected chi connectivity index (χ4v) is 4.27. The van der Waals surface area contributed by atoms with E-state index in [0.29, 0.717) is 23.6 Å². The molecule has 2 heterocycles. The van der Waals surface area contributed by atoms with Gasteiger partial charge in [0.1, 0.15) is 12.5 Å². The van der Waals surface area contributed by atoms with Gasteiger partial charge < -0.3 is 8.83 Å². The summed E-state index contributed by atoms with van der Waals surface area (Å²) in [6.45, 7) is 13.1. The van der Waals surface area contributed by atoms with Crippen molar-refractivity contribution in [2.75, 3.05) is 0 Å². The van der Waals surface area contributed by atoms with Gasteiger partial charge in [-0.05, 0) is 23.0 Å². The van der Waals surface area contributed by atoms with Crippen LogP contribution in [0.25, 0.3) is 44.5 Å². The Morgan fingerprint density at radius 3 is 1.40 bits per heavy atom. The molecule has 0 fully saturated rings. The van der Waals surface area contributed by atoms with Gasteiger partial charge >= 0.3 is 37.9 Å². The zero-order valence-electron chi connectivity index (χ0n) is 23.7. The molecule has 40 heavy (non-hydrogen) atoms. The Bertz CT molecular complexity index is 1440. The predicted octanol–water partition coefficient (Wildman–Crippen LogP) is 10.8. The van der Waals surface area contributed by atoms with E-state index in [4.69, 9.17) is 25.9 Å². The second kappa shape index (κ2) is 16.3. The van der Waals surface area contributed by atoms with Gasteiger partial charge in [-0.3, -0.25) is 0 Å². The first-order chi connectivity index (χ1) is 19.3. The van der Waals surface area contributed by atoms with Gasteiger partial charge in [-0.2, -0.15) is 12.1 Å². The number of oxazole rings is 2. The molecule has 2 aromatic heterocycles. The van der Waals surface area contributed by atoms with Crippen LogP contribution in [0.2, 0.25) is 13.1 Å². The van der Waals surface area contributed by atoms with E-state index in [9.17, 15) is 0 Å². The van der Waals surface area contributed by atoms with E-state index in [1.807, 2.05) is 12.1 Å². The van der Waals surface area contributed by atoms with Crippen molar-refractivity contribution in [1.29, 1.82) is 0 Å². The Hall–Kier alpha value is -2.24. The molecule has 0 amide bonds. The van der Waals surface area contributed by atoms with Crippen molar-refractivity contribution in [3.63, 3.8) is 0 Å². The summed E-state index contributed by atoms with van der Waals surface area (Å²) in [5.41, 5.74) is 4.86. The van der Waals surface area contributed by atoms with E-state index in [1.54, 1.807) is 24.9 Å². The molecule has 8 heteroatoms. The Balaban J connectivity index is 0.000000185. The summed E-state index contributed by atoms with van der Waals surface area (Å²) < 4.78 is 10.8. The average Bonchev–Trinajstić information content (AvgIpc) is 3.75. The molecule has 4 nitrogen and oxygen atoms in total. The molecule has 0 aliphatic rings. The average molecular weight is 669 g/mol. The van der Waals surface area contributed by atoms with E-state index in [1.165, 1.54) is 32.7 Å². The molecular weight excluding hydrogens is 635 g/mol. The van der Waals surface area contributed by atoms with Crippen molar-refractivity contribution in [3.05, 3.63) is 96.7 Å². The quantitative estimate of drug-likeness (QED) is 0.139. The third-order valence-corrected chi connectivity index (χ3v) is 6.20. The number of fused-ring (bicyclic) bond motifs is 2. The zero-order chi connectivity index (χ0) is 29.1. The molecule has 6 rings (SSSR count). The summed E-state index contributed by atoms with van der Waals surface area (Å²) in [6.07, 6.45) is 6.59. The van der Waals surface area contributed by atoms with Gasteiger partial charge in [0.25, 0.3) is 0 Å². The number of rotatable bonds is 4. The molecule has 0 spiro atoms. The number of nitrogens with zero attached hydrogens (tertiary/aromatic N) is 2. The van der Waals surface area contributed by atoms with E-state index in [0.717, 1.165) is 20.6 Å². The van der Waals surface area contributed by atoms with Gasteiger partial charge in [-0.15, -0.1) is 69.1 Å². The molecule has 0 saturated carbocycles. The van der Waals surface area contributed by atoms with Gasteiger partial charge in [0.15, 0.2) is 0 Å². The summed E-state index contributed by atoms with van der Waals surface area (Å²) in [5.74, 6) is 2.47. The molecule has 0 aliphatic heterocycles. The van der Waals surface area contributed by atoms with Gasteiger partial charge in [0, 0.05) is 9.52 Å². The molecule has 2 radical (unpaired) electrons. The van der Waals surface area contributed by atoms with Crippen LogP contribution in [0, 0.1) is 0 Å². The van der Waals surface area contributed by atoms with Crippen molar-refractivity contribution in [2.24, 2.45) is 0 Å². The molecule has 6 aromatic rings. The first-order valence-electron chi connectivity index (χ1n) is 13.1. The van der Waals surface area contributed by atoms with Gasteiger partial charge in [-0.25, -0.2) is 9.97 Å². The van der Waals surface area contributed by atoms with Gasteiger partial charge in [-0.1, -0.05) is 52.9 Å². The molecule has 0 saturated heterocycles. The standard InChI is InChI=1S/2C15H14NO.C2H6Si.2ClH.Zr/c2*1-10(2)12-8-11-4-3-5-13(14(11)9-12)15-16-6-7-17-15;1-3-2;;;/h2*3-10H,1-2H3;1-2H3;2*1H;/q2*-1;;;;+4/p-2. The van der Waals surface area contributed by atoms with Crippen molar-refractivity contribution >= 4 is 48.1 Å². The minimum atomic E-state index is -0.826. The molecule has 0 N–H and O–H groups in total. The number of aromatic nitrogens is 2. The first kappa shape index (κ1) is 32.3. The fourth-order valence-electron chi connectivity index (χ4n) is 4.27. The van der Waals surface area contributed by atoms with Crippen LogP contribution >= 0.6 is 17.0 Å². The summed E-state index contributed by atoms with van der Waals surface area (Å²) in [4.78, 5) is 8.45. The first-order valence-corrected chi connectivity index (χ1v) is 21.4. The van der Waals surface area contributed by atoms with Crippen molar-refractivity contribution in [2.45, 2.75) is 52.6 Å². The minimum absolute atomic E-state index is 0.541. The molecule has 0 unspecified atom stereocenters. The van der Waals surface area contributed by atoms with Crippen LogP contribution < -0.4 is 0 Å². The van der Waals surface area contributed by atoms with E-state index in [-0.39, 0.29) is 0 Å². The molecule has 4 aromatic carbocycles. The number of hydrogen-bond acceptors (Lipinski definition) is 4. The Morgan fingerprint density at radius 1 is 0.725 bits per heavy atom. The van der Waals surface area contributed by atoms with Crippen LogP contribution in [0.3, 0.4) is 0 Å². The van der Waals surface area contributed by atoms with Crippen LogP contribution in [0.4, 0.5) is 0 Å². The third kappa shape index (κ3) is 8.39. The summed E-state index contributed by atoms with van der Waals surface area (Å²) in [7, 11) is 11.0. The predicted molar refractivity (Wildman–Crippen MR) is 167 cm³/mol. The monoisotopic (exact) mass is 666 g/mol. The van der Waals surface area contributed by atoms with Crippen LogP contribution in [0.5, 0.6) is 0 Å². The maximum absolute atomic E-state index is 5.39. The van der Waals surface area contributed by atoms with Gasteiger partial charge in [0.05, 0.1) is 12.4 Å². The van der Waals surface area contributed by atoms with Gasteiger partial charge in [0.2, 0.25) is 11.8 Å². The summed E-state index contributed by atoms with van der Waals surface area (Å²) in [6, 6.07) is 21.4. The number of halogens is 2. The zero-order valence-corrected chi connectivity index (χ0v) is 28.7. The maximum atomic E-state index is 5.39. The number of hydrogen-bond donors (Lipinski definition) is 0. The molecule has 0 bridgehead atoms. The van der Waals surface area contributed by atoms with Crippen molar-refractivity contribution in [1.82, 2.24) is 9.97 Å². The Labute approximate surface area is 258 Å². The Morgan fingerprint density at radius 2 is 1.10 bits per heavy atom. The summed E-state index contributed by atoms with van der Waals surface area (Å²) in [5, 5.41) is 4.95. The topological polar surface area (TPSA) is 52.1 Å². The molecule has 206 valence electrons. The number of benzene rings is 2. The second-order valence-electron chi connectivity index (χ2n) is 9.75. The third-order valence-electron chi connectivity index (χ3n) is 6.20. The molecule has 0 aliphatic carbocycles. The van der Waals surface area contributed by atoms with Crippen LogP contribution in [-0.2, 0) is 20.8 Å². The van der Waals surface area contributed by atoms with Crippen molar-refractivity contribution < 1.29 is 29.7 Å². The van der Waals surface area contributed by atoms with E-state index in [2.05, 4.69) is 99.3 Å². The van der Waals surface area contributed by atoms with Crippen LogP contribution in [0.1, 0.15) is 50.7 Å². The fraction of sp³-hybridized carbons (Fsp3) is 0.250. The summed E-state index contributed by atoms with van der Waals surface area (Å²) >= 11 is -0.826. The van der Waals surface area contributed by atoms with Crippen molar-refractivity contribution in [3.8, 4) is 22.9 Å².